The van der Waals surface area contributed by atoms with Crippen LogP contribution in [-0.2, 0) is 11.5 Å². The Kier molecular flexibility index (Phi) is 1.23. The van der Waals surface area contributed by atoms with Crippen LogP contribution in [0.15, 0.2) is 18.2 Å². The van der Waals surface area contributed by atoms with E-state index in [2.05, 4.69) is 18.2 Å². The van der Waals surface area contributed by atoms with Crippen molar-refractivity contribution in [3.05, 3.63) is 35.4 Å². The fraction of sp³-hybridized carbons (Fsp3) is 0.250. The van der Waals surface area contributed by atoms with E-state index in [-0.39, 0.29) is 0 Å². The van der Waals surface area contributed by atoms with Crippen LogP contribution in [0.4, 0.5) is 0 Å². The van der Waals surface area contributed by atoms with Gasteiger partial charge in [-0.1, -0.05) is 18.2 Å². The highest BCUT2D eigenvalue weighted by atomic mass is 32.2. The zero-order chi connectivity index (χ0) is 6.10. The van der Waals surface area contributed by atoms with Gasteiger partial charge in [0.2, 0.25) is 0 Å². The number of thioether (sulfide) groups is 1. The van der Waals surface area contributed by atoms with Gasteiger partial charge in [-0.25, -0.2) is 0 Å². The van der Waals surface area contributed by atoms with Crippen molar-refractivity contribution in [2.75, 3.05) is 0 Å². The van der Waals surface area contributed by atoms with Crippen molar-refractivity contribution in [3.8, 4) is 0 Å². The molecule has 2 rings (SSSR count). The normalized spacial score (nSPS) is 15.6. The Hall–Kier alpha value is -0.430. The Bertz CT molecular complexity index is 195. The Labute approximate surface area is 59.3 Å². The summed E-state index contributed by atoms with van der Waals surface area (Å²) in [4.78, 5) is 0. The van der Waals surface area contributed by atoms with Crippen LogP contribution in [0.2, 0.25) is 0 Å². The highest BCUT2D eigenvalue weighted by molar-refractivity contribution is 7.98. The van der Waals surface area contributed by atoms with Crippen LogP contribution in [0.25, 0.3) is 0 Å². The maximum Gasteiger partial charge on any atom is 0.0197 e. The van der Waals surface area contributed by atoms with Crippen molar-refractivity contribution < 1.29 is 0 Å². The van der Waals surface area contributed by atoms with Crippen molar-refractivity contribution in [1.82, 2.24) is 0 Å². The zero-order valence-electron chi connectivity index (χ0n) is 5.05. The molecule has 1 aromatic carbocycles. The van der Waals surface area contributed by atoms with Gasteiger partial charge in [-0.05, 0) is 17.2 Å². The Balaban J connectivity index is 2.54. The first kappa shape index (κ1) is 5.36. The minimum Gasteiger partial charge on any atom is -0.152 e. The molecule has 45 valence electrons. The molecule has 0 nitrogen and oxygen atoms in total. The topological polar surface area (TPSA) is 0 Å². The van der Waals surface area contributed by atoms with E-state index in [1.165, 1.54) is 16.9 Å². The van der Waals surface area contributed by atoms with E-state index in [1.54, 1.807) is 0 Å². The standard InChI is InChI=1S/C8H7S/c1-2-4-8-6-9-5-7(8)3-1/h1-3H,5-6H2. The molecule has 1 aliphatic heterocycles. The molecule has 1 aromatic rings. The molecule has 0 saturated heterocycles. The lowest BCUT2D eigenvalue weighted by atomic mass is 10.1. The molecule has 0 atom stereocenters. The molecular weight excluding hydrogens is 128 g/mol. The maximum atomic E-state index is 3.23. The minimum atomic E-state index is 1.16. The molecule has 0 amide bonds. The molecule has 1 heteroatoms. The van der Waals surface area contributed by atoms with E-state index in [1.807, 2.05) is 17.8 Å². The van der Waals surface area contributed by atoms with Crippen LogP contribution in [0.1, 0.15) is 11.1 Å². The first-order valence-corrected chi connectivity index (χ1v) is 4.18. The van der Waals surface area contributed by atoms with Gasteiger partial charge >= 0.3 is 0 Å². The summed E-state index contributed by atoms with van der Waals surface area (Å²) in [5.74, 6) is 2.35. The smallest absolute Gasteiger partial charge is 0.0197 e. The average Bonchev–Trinajstić information content (AvgIpc) is 2.33. The largest absolute Gasteiger partial charge is 0.152 e. The third-order valence-corrected chi connectivity index (χ3v) is 2.55. The summed E-state index contributed by atoms with van der Waals surface area (Å²) in [5.41, 5.74) is 2.88. The van der Waals surface area contributed by atoms with Crippen molar-refractivity contribution in [2.24, 2.45) is 0 Å². The SMILES string of the molecule is [c]1cccc2c1CSC2. The molecule has 0 spiro atoms. The van der Waals surface area contributed by atoms with Crippen LogP contribution in [-0.4, -0.2) is 0 Å². The number of fused-ring (bicyclic) bond motifs is 1. The monoisotopic (exact) mass is 135 g/mol. The summed E-state index contributed by atoms with van der Waals surface area (Å²) in [7, 11) is 0. The van der Waals surface area contributed by atoms with Gasteiger partial charge in [0.1, 0.15) is 0 Å². The molecule has 0 aliphatic carbocycles. The molecular formula is C8H7S. The van der Waals surface area contributed by atoms with Gasteiger partial charge in [-0.15, -0.1) is 0 Å². The summed E-state index contributed by atoms with van der Waals surface area (Å²) in [6.07, 6.45) is 0. The Morgan fingerprint density at radius 3 is 3.33 bits per heavy atom. The average molecular weight is 135 g/mol. The lowest BCUT2D eigenvalue weighted by molar-refractivity contribution is 1.34. The van der Waals surface area contributed by atoms with E-state index in [0.29, 0.717) is 0 Å². The highest BCUT2D eigenvalue weighted by Gasteiger charge is 2.08. The molecule has 0 saturated carbocycles. The predicted octanol–water partition coefficient (Wildman–Crippen LogP) is 2.23. The van der Waals surface area contributed by atoms with Crippen LogP contribution in [0.3, 0.4) is 0 Å². The number of benzene rings is 1. The molecule has 0 bridgehead atoms. The lowest BCUT2D eigenvalue weighted by Crippen LogP contribution is -1.77. The van der Waals surface area contributed by atoms with E-state index in [4.69, 9.17) is 0 Å². The van der Waals surface area contributed by atoms with Crippen molar-refractivity contribution in [2.45, 2.75) is 11.5 Å². The molecule has 0 fully saturated rings. The second-order valence-electron chi connectivity index (χ2n) is 2.17. The van der Waals surface area contributed by atoms with E-state index >= 15 is 0 Å². The number of hydrogen-bond acceptors (Lipinski definition) is 1. The summed E-state index contributed by atoms with van der Waals surface area (Å²) in [5, 5.41) is 0. The second kappa shape index (κ2) is 2.07. The third-order valence-electron chi connectivity index (χ3n) is 1.54. The molecule has 0 aromatic heterocycles. The van der Waals surface area contributed by atoms with Crippen LogP contribution in [0, 0.1) is 6.07 Å². The van der Waals surface area contributed by atoms with Gasteiger partial charge in [-0.3, -0.25) is 0 Å². The van der Waals surface area contributed by atoms with E-state index in [9.17, 15) is 0 Å². The molecule has 1 radical (unpaired) electrons. The van der Waals surface area contributed by atoms with Crippen molar-refractivity contribution >= 4 is 11.8 Å². The van der Waals surface area contributed by atoms with Gasteiger partial charge in [-0.2, -0.15) is 11.8 Å². The maximum absolute atomic E-state index is 3.23. The molecule has 1 aliphatic rings. The predicted molar refractivity (Wildman–Crippen MR) is 40.3 cm³/mol. The molecule has 1 heterocycles. The van der Waals surface area contributed by atoms with Gasteiger partial charge < -0.3 is 0 Å². The summed E-state index contributed by atoms with van der Waals surface area (Å²) in [6, 6.07) is 9.47. The van der Waals surface area contributed by atoms with Gasteiger partial charge in [0.25, 0.3) is 0 Å². The van der Waals surface area contributed by atoms with Crippen molar-refractivity contribution in [3.63, 3.8) is 0 Å². The first-order valence-electron chi connectivity index (χ1n) is 3.03. The van der Waals surface area contributed by atoms with E-state index in [0.717, 1.165) is 5.75 Å². The van der Waals surface area contributed by atoms with Crippen LogP contribution < -0.4 is 0 Å². The van der Waals surface area contributed by atoms with Crippen LogP contribution >= 0.6 is 11.8 Å². The van der Waals surface area contributed by atoms with Crippen molar-refractivity contribution in [1.29, 1.82) is 0 Å². The minimum absolute atomic E-state index is 1.16. The Morgan fingerprint density at radius 2 is 2.44 bits per heavy atom. The molecule has 0 unspecified atom stereocenters. The lowest BCUT2D eigenvalue weighted by Gasteiger charge is -1.91. The quantitative estimate of drug-likeness (QED) is 0.525. The zero-order valence-corrected chi connectivity index (χ0v) is 5.87. The van der Waals surface area contributed by atoms with Crippen LogP contribution in [0.5, 0.6) is 0 Å². The molecule has 9 heavy (non-hydrogen) atoms. The van der Waals surface area contributed by atoms with Gasteiger partial charge in [0.05, 0.1) is 0 Å². The highest BCUT2D eigenvalue weighted by Crippen LogP contribution is 2.28. The Morgan fingerprint density at radius 1 is 1.44 bits per heavy atom. The summed E-state index contributed by atoms with van der Waals surface area (Å²) < 4.78 is 0. The first-order chi connectivity index (χ1) is 4.47. The van der Waals surface area contributed by atoms with Gasteiger partial charge in [0, 0.05) is 11.5 Å². The second-order valence-corrected chi connectivity index (χ2v) is 3.15. The fourth-order valence-electron chi connectivity index (χ4n) is 1.04. The van der Waals surface area contributed by atoms with Gasteiger partial charge in [0.15, 0.2) is 0 Å². The van der Waals surface area contributed by atoms with E-state index < -0.39 is 0 Å². The summed E-state index contributed by atoms with van der Waals surface area (Å²) >= 11 is 1.97. The third kappa shape index (κ3) is 0.855. The fourth-order valence-corrected chi connectivity index (χ4v) is 2.10. The number of hydrogen-bond donors (Lipinski definition) is 0. The molecule has 0 N–H and O–H groups in total. The summed E-state index contributed by atoms with van der Waals surface area (Å²) in [6.45, 7) is 0. The number of rotatable bonds is 0.